The van der Waals surface area contributed by atoms with Gasteiger partial charge in [0.05, 0.1) is 5.69 Å². The van der Waals surface area contributed by atoms with E-state index in [-0.39, 0.29) is 5.92 Å². The second kappa shape index (κ2) is 8.35. The number of nitrogens with zero attached hydrogens (tertiary/aromatic N) is 3. The van der Waals surface area contributed by atoms with Crippen molar-refractivity contribution in [2.45, 2.75) is 71.3 Å². The van der Waals surface area contributed by atoms with Crippen LogP contribution in [0, 0.1) is 19.8 Å². The van der Waals surface area contributed by atoms with Crippen LogP contribution in [0.15, 0.2) is 0 Å². The van der Waals surface area contributed by atoms with Crippen LogP contribution in [0.5, 0.6) is 0 Å². The van der Waals surface area contributed by atoms with Gasteiger partial charge in [0.25, 0.3) is 0 Å². The summed E-state index contributed by atoms with van der Waals surface area (Å²) in [5.41, 5.74) is 3.44. The van der Waals surface area contributed by atoms with Gasteiger partial charge in [-0.3, -0.25) is 9.89 Å². The molecule has 0 atom stereocenters. The first-order valence-corrected chi connectivity index (χ1v) is 10.1. The summed E-state index contributed by atoms with van der Waals surface area (Å²) in [7, 11) is 1.96. The lowest BCUT2D eigenvalue weighted by atomic mass is 9.89. The van der Waals surface area contributed by atoms with Crippen LogP contribution >= 0.6 is 0 Å². The molecule has 2 aliphatic rings. The van der Waals surface area contributed by atoms with Crippen LogP contribution in [-0.4, -0.2) is 58.6 Å². The highest BCUT2D eigenvalue weighted by molar-refractivity contribution is 5.78. The van der Waals surface area contributed by atoms with Crippen molar-refractivity contribution in [3.8, 4) is 0 Å². The number of aromatic amines is 1. The highest BCUT2D eigenvalue weighted by atomic mass is 16.2. The fourth-order valence-corrected chi connectivity index (χ4v) is 4.60. The van der Waals surface area contributed by atoms with E-state index in [9.17, 15) is 4.79 Å². The molecule has 5 heteroatoms. The number of amides is 1. The number of piperidine rings is 1. The Morgan fingerprint density at radius 3 is 2.44 bits per heavy atom. The molecule has 1 aromatic heterocycles. The number of hydrogen-bond acceptors (Lipinski definition) is 3. The Bertz CT molecular complexity index is 549. The molecule has 0 radical (unpaired) electrons. The highest BCUT2D eigenvalue weighted by Gasteiger charge is 2.30. The number of hydrogen-bond donors (Lipinski definition) is 1. The largest absolute Gasteiger partial charge is 0.345 e. The Morgan fingerprint density at radius 1 is 1.16 bits per heavy atom. The zero-order valence-corrected chi connectivity index (χ0v) is 16.2. The normalized spacial score (nSPS) is 20.8. The van der Waals surface area contributed by atoms with Gasteiger partial charge in [-0.1, -0.05) is 19.3 Å². The summed E-state index contributed by atoms with van der Waals surface area (Å²) >= 11 is 0. The molecule has 1 N–H and O–H groups in total. The quantitative estimate of drug-likeness (QED) is 0.891. The first-order valence-electron chi connectivity index (χ1n) is 10.1. The Morgan fingerprint density at radius 2 is 1.84 bits per heavy atom. The first-order chi connectivity index (χ1) is 12.1. The summed E-state index contributed by atoms with van der Waals surface area (Å²) in [6.07, 6.45) is 9.86. The lowest BCUT2D eigenvalue weighted by molar-refractivity contribution is -0.136. The third-order valence-corrected chi connectivity index (χ3v) is 6.32. The summed E-state index contributed by atoms with van der Waals surface area (Å²) in [4.78, 5) is 17.4. The van der Waals surface area contributed by atoms with E-state index in [0.29, 0.717) is 5.91 Å². The van der Waals surface area contributed by atoms with Crippen LogP contribution in [0.3, 0.4) is 0 Å². The smallest absolute Gasteiger partial charge is 0.225 e. The molecule has 3 rings (SSSR count). The van der Waals surface area contributed by atoms with Crippen LogP contribution in [0.2, 0.25) is 0 Å². The van der Waals surface area contributed by atoms with Gasteiger partial charge in [-0.2, -0.15) is 5.10 Å². The Balaban J connectivity index is 1.45. The number of aromatic nitrogens is 2. The van der Waals surface area contributed by atoms with Crippen molar-refractivity contribution in [2.75, 3.05) is 26.7 Å². The van der Waals surface area contributed by atoms with Crippen LogP contribution in [0.25, 0.3) is 0 Å². The molecule has 0 unspecified atom stereocenters. The molecule has 1 amide bonds. The number of nitrogens with one attached hydrogen (secondary N) is 1. The highest BCUT2D eigenvalue weighted by Crippen LogP contribution is 2.27. The molecule has 2 fully saturated rings. The van der Waals surface area contributed by atoms with E-state index < -0.39 is 0 Å². The standard InChI is InChI=1S/C20H34N4O/c1-15-19(16(2)22-21-15)11-12-23(3)20(25)17-9-13-24(14-10-17)18-7-5-4-6-8-18/h17-18H,4-14H2,1-3H3,(H,21,22). The van der Waals surface area contributed by atoms with Gasteiger partial charge in [-0.05, 0) is 64.6 Å². The molecule has 1 aromatic rings. The molecule has 2 heterocycles. The van der Waals surface area contributed by atoms with E-state index in [2.05, 4.69) is 22.0 Å². The van der Waals surface area contributed by atoms with Gasteiger partial charge in [-0.15, -0.1) is 0 Å². The lowest BCUT2D eigenvalue weighted by Gasteiger charge is -2.39. The van der Waals surface area contributed by atoms with E-state index in [1.165, 1.54) is 37.7 Å². The lowest BCUT2D eigenvalue weighted by Crippen LogP contribution is -2.46. The van der Waals surface area contributed by atoms with Crippen molar-refractivity contribution in [1.29, 1.82) is 0 Å². The average molecular weight is 347 g/mol. The van der Waals surface area contributed by atoms with Gasteiger partial charge in [0, 0.05) is 31.2 Å². The summed E-state index contributed by atoms with van der Waals surface area (Å²) in [5.74, 6) is 0.554. The number of likely N-dealkylation sites (tertiary alicyclic amines) is 1. The van der Waals surface area contributed by atoms with Gasteiger partial charge in [0.15, 0.2) is 0 Å². The van der Waals surface area contributed by atoms with Crippen molar-refractivity contribution in [3.63, 3.8) is 0 Å². The molecular formula is C20H34N4O. The molecule has 5 nitrogen and oxygen atoms in total. The number of rotatable bonds is 5. The van der Waals surface area contributed by atoms with E-state index >= 15 is 0 Å². The molecule has 25 heavy (non-hydrogen) atoms. The van der Waals surface area contributed by atoms with Crippen molar-refractivity contribution >= 4 is 5.91 Å². The summed E-state index contributed by atoms with van der Waals surface area (Å²) < 4.78 is 0. The number of H-pyrrole nitrogens is 1. The van der Waals surface area contributed by atoms with Crippen LogP contribution in [0.4, 0.5) is 0 Å². The third kappa shape index (κ3) is 4.43. The van der Waals surface area contributed by atoms with Crippen LogP contribution < -0.4 is 0 Å². The SMILES string of the molecule is Cc1n[nH]c(C)c1CCN(C)C(=O)C1CCN(C2CCCCC2)CC1. The van der Waals surface area contributed by atoms with Crippen LogP contribution in [0.1, 0.15) is 61.9 Å². The van der Waals surface area contributed by atoms with Crippen molar-refractivity contribution < 1.29 is 4.79 Å². The molecule has 1 aliphatic carbocycles. The van der Waals surface area contributed by atoms with Gasteiger partial charge >= 0.3 is 0 Å². The monoisotopic (exact) mass is 346 g/mol. The fraction of sp³-hybridized carbons (Fsp3) is 0.800. The molecule has 140 valence electrons. The second-order valence-corrected chi connectivity index (χ2v) is 8.02. The molecule has 0 spiro atoms. The van der Waals surface area contributed by atoms with Gasteiger partial charge in [0.2, 0.25) is 5.91 Å². The summed E-state index contributed by atoms with van der Waals surface area (Å²) in [6, 6.07) is 0.787. The molecule has 1 saturated heterocycles. The summed E-state index contributed by atoms with van der Waals surface area (Å²) in [6.45, 7) is 7.08. The maximum atomic E-state index is 12.8. The van der Waals surface area contributed by atoms with Crippen molar-refractivity contribution in [1.82, 2.24) is 20.0 Å². The predicted molar refractivity (Wildman–Crippen MR) is 101 cm³/mol. The number of carbonyl (C=O) groups excluding carboxylic acids is 1. The number of aryl methyl sites for hydroxylation is 2. The number of carbonyl (C=O) groups is 1. The van der Waals surface area contributed by atoms with E-state index in [1.807, 2.05) is 18.9 Å². The minimum absolute atomic E-state index is 0.219. The molecule has 0 aromatic carbocycles. The molecular weight excluding hydrogens is 312 g/mol. The third-order valence-electron chi connectivity index (χ3n) is 6.32. The maximum Gasteiger partial charge on any atom is 0.225 e. The Labute approximate surface area is 152 Å². The first kappa shape index (κ1) is 18.4. The predicted octanol–water partition coefficient (Wildman–Crippen LogP) is 3.07. The van der Waals surface area contributed by atoms with Gasteiger partial charge in [0.1, 0.15) is 0 Å². The fourth-order valence-electron chi connectivity index (χ4n) is 4.60. The minimum atomic E-state index is 0.219. The zero-order valence-electron chi connectivity index (χ0n) is 16.2. The number of likely N-dealkylation sites (N-methyl/N-ethyl adjacent to an activating group) is 1. The summed E-state index contributed by atoms with van der Waals surface area (Å²) in [5, 5.41) is 7.28. The second-order valence-electron chi connectivity index (χ2n) is 8.02. The maximum absolute atomic E-state index is 12.8. The van der Waals surface area contributed by atoms with E-state index in [1.54, 1.807) is 0 Å². The van der Waals surface area contributed by atoms with E-state index in [0.717, 1.165) is 56.3 Å². The topological polar surface area (TPSA) is 52.2 Å². The minimum Gasteiger partial charge on any atom is -0.345 e. The van der Waals surface area contributed by atoms with Crippen LogP contribution in [-0.2, 0) is 11.2 Å². The molecule has 1 aliphatic heterocycles. The average Bonchev–Trinajstić information content (AvgIpc) is 2.98. The van der Waals surface area contributed by atoms with Crippen molar-refractivity contribution in [3.05, 3.63) is 17.0 Å². The van der Waals surface area contributed by atoms with Crippen molar-refractivity contribution in [2.24, 2.45) is 5.92 Å². The molecule has 1 saturated carbocycles. The Kier molecular flexibility index (Phi) is 6.15. The van der Waals surface area contributed by atoms with Gasteiger partial charge in [-0.25, -0.2) is 0 Å². The Hall–Kier alpha value is -1.36. The van der Waals surface area contributed by atoms with E-state index in [4.69, 9.17) is 0 Å². The van der Waals surface area contributed by atoms with Gasteiger partial charge < -0.3 is 9.80 Å². The zero-order chi connectivity index (χ0) is 17.8. The molecule has 0 bridgehead atoms.